The SMILES string of the molecule is CCCCCCCCn1c(CCNC(=O)Cc2ccccc2Cl)nc2ccccc21. The number of para-hydroxylation sites is 2. The molecule has 0 aliphatic carbocycles. The summed E-state index contributed by atoms with van der Waals surface area (Å²) < 4.78 is 2.33. The van der Waals surface area contributed by atoms with Crippen LogP contribution in [0.25, 0.3) is 11.0 Å². The lowest BCUT2D eigenvalue weighted by Gasteiger charge is -2.10. The number of hydrogen-bond donors (Lipinski definition) is 1. The van der Waals surface area contributed by atoms with Crippen LogP contribution in [-0.4, -0.2) is 22.0 Å². The highest BCUT2D eigenvalue weighted by atomic mass is 35.5. The Morgan fingerprint density at radius 3 is 2.57 bits per heavy atom. The number of aromatic nitrogens is 2. The molecule has 0 fully saturated rings. The molecule has 5 heteroatoms. The van der Waals surface area contributed by atoms with Crippen molar-refractivity contribution in [3.63, 3.8) is 0 Å². The molecule has 1 heterocycles. The summed E-state index contributed by atoms with van der Waals surface area (Å²) >= 11 is 6.16. The lowest BCUT2D eigenvalue weighted by Crippen LogP contribution is -2.28. The van der Waals surface area contributed by atoms with Crippen molar-refractivity contribution in [1.29, 1.82) is 0 Å². The summed E-state index contributed by atoms with van der Waals surface area (Å²) in [5.74, 6) is 1.03. The van der Waals surface area contributed by atoms with Crippen LogP contribution in [-0.2, 0) is 24.2 Å². The molecule has 1 N–H and O–H groups in total. The van der Waals surface area contributed by atoms with Gasteiger partial charge in [-0.1, -0.05) is 81.0 Å². The fourth-order valence-electron chi connectivity index (χ4n) is 3.81. The van der Waals surface area contributed by atoms with Crippen molar-refractivity contribution in [2.24, 2.45) is 0 Å². The Morgan fingerprint density at radius 1 is 1.00 bits per heavy atom. The predicted octanol–water partition coefficient (Wildman–Crippen LogP) is 5.95. The number of halogens is 1. The number of amides is 1. The summed E-state index contributed by atoms with van der Waals surface area (Å²) in [6, 6.07) is 15.8. The van der Waals surface area contributed by atoms with Crippen molar-refractivity contribution < 1.29 is 4.79 Å². The Balaban J connectivity index is 1.55. The van der Waals surface area contributed by atoms with Crippen LogP contribution < -0.4 is 5.32 Å². The minimum Gasteiger partial charge on any atom is -0.355 e. The number of imidazole rings is 1. The second-order valence-corrected chi connectivity index (χ2v) is 8.21. The van der Waals surface area contributed by atoms with Gasteiger partial charge >= 0.3 is 0 Å². The number of unbranched alkanes of at least 4 members (excludes halogenated alkanes) is 5. The van der Waals surface area contributed by atoms with Gasteiger partial charge in [0.15, 0.2) is 0 Å². The van der Waals surface area contributed by atoms with E-state index in [1.807, 2.05) is 30.3 Å². The highest BCUT2D eigenvalue weighted by Crippen LogP contribution is 2.18. The van der Waals surface area contributed by atoms with Gasteiger partial charge in [0.1, 0.15) is 5.82 Å². The van der Waals surface area contributed by atoms with Crippen molar-refractivity contribution >= 4 is 28.5 Å². The molecule has 160 valence electrons. The molecular weight excluding hydrogens is 394 g/mol. The molecule has 1 amide bonds. The van der Waals surface area contributed by atoms with Crippen molar-refractivity contribution in [2.45, 2.75) is 64.8 Å². The highest BCUT2D eigenvalue weighted by molar-refractivity contribution is 6.31. The average molecular weight is 426 g/mol. The molecule has 0 atom stereocenters. The molecule has 0 radical (unpaired) electrons. The number of carbonyl (C=O) groups excluding carboxylic acids is 1. The summed E-state index contributed by atoms with van der Waals surface area (Å²) in [6.07, 6.45) is 8.66. The summed E-state index contributed by atoms with van der Waals surface area (Å²) in [6.45, 7) is 3.80. The van der Waals surface area contributed by atoms with Crippen LogP contribution in [0, 0.1) is 0 Å². The van der Waals surface area contributed by atoms with E-state index in [1.54, 1.807) is 0 Å². The number of fused-ring (bicyclic) bond motifs is 1. The minimum atomic E-state index is -0.0123. The number of rotatable bonds is 12. The largest absolute Gasteiger partial charge is 0.355 e. The summed E-state index contributed by atoms with van der Waals surface area (Å²) in [4.78, 5) is 17.1. The van der Waals surface area contributed by atoms with Crippen LogP contribution in [0.15, 0.2) is 48.5 Å². The first kappa shape index (κ1) is 22.4. The number of nitrogens with zero attached hydrogens (tertiary/aromatic N) is 2. The van der Waals surface area contributed by atoms with Gasteiger partial charge in [0.25, 0.3) is 0 Å². The van der Waals surface area contributed by atoms with Gasteiger partial charge in [-0.25, -0.2) is 4.98 Å². The predicted molar refractivity (Wildman–Crippen MR) is 125 cm³/mol. The quantitative estimate of drug-likeness (QED) is 0.364. The fourth-order valence-corrected chi connectivity index (χ4v) is 4.01. The van der Waals surface area contributed by atoms with E-state index >= 15 is 0 Å². The Bertz CT molecular complexity index is 950. The Morgan fingerprint density at radius 2 is 1.73 bits per heavy atom. The van der Waals surface area contributed by atoms with E-state index in [9.17, 15) is 4.79 Å². The second-order valence-electron chi connectivity index (χ2n) is 7.80. The van der Waals surface area contributed by atoms with Gasteiger partial charge in [-0.15, -0.1) is 0 Å². The fraction of sp³-hybridized carbons (Fsp3) is 0.440. The molecule has 0 saturated heterocycles. The van der Waals surface area contributed by atoms with Crippen LogP contribution in [0.2, 0.25) is 5.02 Å². The normalized spacial score (nSPS) is 11.1. The second kappa shape index (κ2) is 11.8. The maximum Gasteiger partial charge on any atom is 0.224 e. The van der Waals surface area contributed by atoms with Gasteiger partial charge in [-0.3, -0.25) is 4.79 Å². The number of nitrogens with one attached hydrogen (secondary N) is 1. The monoisotopic (exact) mass is 425 g/mol. The summed E-state index contributed by atoms with van der Waals surface area (Å²) in [7, 11) is 0. The standard InChI is InChI=1S/C25H32ClN3O/c1-2-3-4-5-6-11-18-29-23-15-10-9-14-22(23)28-24(29)16-17-27-25(30)19-20-12-7-8-13-21(20)26/h7-10,12-15H,2-6,11,16-19H2,1H3,(H,27,30). The first-order valence-corrected chi connectivity index (χ1v) is 11.5. The van der Waals surface area contributed by atoms with Gasteiger partial charge in [0.2, 0.25) is 5.91 Å². The van der Waals surface area contributed by atoms with E-state index in [-0.39, 0.29) is 5.91 Å². The van der Waals surface area contributed by atoms with Gasteiger partial charge in [-0.2, -0.15) is 0 Å². The maximum atomic E-state index is 12.3. The summed E-state index contributed by atoms with van der Waals surface area (Å²) in [5, 5.41) is 3.65. The van der Waals surface area contributed by atoms with E-state index in [0.717, 1.165) is 36.3 Å². The zero-order valence-corrected chi connectivity index (χ0v) is 18.6. The van der Waals surface area contributed by atoms with Crippen molar-refractivity contribution in [2.75, 3.05) is 6.54 Å². The lowest BCUT2D eigenvalue weighted by atomic mass is 10.1. The Hall–Kier alpha value is -2.33. The highest BCUT2D eigenvalue weighted by Gasteiger charge is 2.11. The third-order valence-electron chi connectivity index (χ3n) is 5.45. The van der Waals surface area contributed by atoms with E-state index in [2.05, 4.69) is 35.0 Å². The molecule has 1 aromatic heterocycles. The van der Waals surface area contributed by atoms with E-state index in [0.29, 0.717) is 18.0 Å². The molecule has 4 nitrogen and oxygen atoms in total. The Kier molecular flexibility index (Phi) is 8.76. The molecular formula is C25H32ClN3O. The smallest absolute Gasteiger partial charge is 0.224 e. The number of hydrogen-bond acceptors (Lipinski definition) is 2. The number of carbonyl (C=O) groups is 1. The van der Waals surface area contributed by atoms with Crippen molar-refractivity contribution in [3.05, 3.63) is 64.9 Å². The molecule has 0 aliphatic heterocycles. The number of aryl methyl sites for hydroxylation is 1. The number of benzene rings is 2. The van der Waals surface area contributed by atoms with E-state index in [4.69, 9.17) is 16.6 Å². The molecule has 3 rings (SSSR count). The first-order valence-electron chi connectivity index (χ1n) is 11.1. The molecule has 0 unspecified atom stereocenters. The zero-order chi connectivity index (χ0) is 21.2. The minimum absolute atomic E-state index is 0.0123. The summed E-state index contributed by atoms with van der Waals surface area (Å²) in [5.41, 5.74) is 3.07. The zero-order valence-electron chi connectivity index (χ0n) is 17.9. The molecule has 2 aromatic carbocycles. The molecule has 3 aromatic rings. The van der Waals surface area contributed by atoms with Gasteiger partial charge in [0, 0.05) is 24.5 Å². The molecule has 30 heavy (non-hydrogen) atoms. The van der Waals surface area contributed by atoms with Crippen LogP contribution in [0.1, 0.15) is 56.8 Å². The lowest BCUT2D eigenvalue weighted by molar-refractivity contribution is -0.120. The molecule has 0 aliphatic rings. The maximum absolute atomic E-state index is 12.3. The van der Waals surface area contributed by atoms with Gasteiger partial charge < -0.3 is 9.88 Å². The molecule has 0 saturated carbocycles. The van der Waals surface area contributed by atoms with Crippen LogP contribution in [0.5, 0.6) is 0 Å². The van der Waals surface area contributed by atoms with Gasteiger partial charge in [-0.05, 0) is 30.2 Å². The molecule has 0 bridgehead atoms. The van der Waals surface area contributed by atoms with E-state index < -0.39 is 0 Å². The average Bonchev–Trinajstić information content (AvgIpc) is 3.10. The van der Waals surface area contributed by atoms with Crippen molar-refractivity contribution in [1.82, 2.24) is 14.9 Å². The molecule has 0 spiro atoms. The third-order valence-corrected chi connectivity index (χ3v) is 5.82. The van der Waals surface area contributed by atoms with E-state index in [1.165, 1.54) is 37.6 Å². The van der Waals surface area contributed by atoms with Crippen LogP contribution in [0.3, 0.4) is 0 Å². The first-order chi connectivity index (χ1) is 14.7. The third kappa shape index (κ3) is 6.33. The topological polar surface area (TPSA) is 46.9 Å². The van der Waals surface area contributed by atoms with Crippen LogP contribution >= 0.6 is 11.6 Å². The van der Waals surface area contributed by atoms with Gasteiger partial charge in [0.05, 0.1) is 17.5 Å². The van der Waals surface area contributed by atoms with Crippen molar-refractivity contribution in [3.8, 4) is 0 Å². The van der Waals surface area contributed by atoms with Crippen LogP contribution in [0.4, 0.5) is 0 Å². The Labute approximate surface area is 184 Å².